The van der Waals surface area contributed by atoms with Gasteiger partial charge in [0.25, 0.3) is 11.8 Å². The fourth-order valence-corrected chi connectivity index (χ4v) is 4.48. The Morgan fingerprint density at radius 3 is 2.30 bits per heavy atom. The van der Waals surface area contributed by atoms with Gasteiger partial charge in [0.1, 0.15) is 11.8 Å². The van der Waals surface area contributed by atoms with E-state index < -0.39 is 6.04 Å². The van der Waals surface area contributed by atoms with Crippen molar-refractivity contribution in [3.63, 3.8) is 0 Å². The van der Waals surface area contributed by atoms with Gasteiger partial charge in [0.15, 0.2) is 0 Å². The Morgan fingerprint density at radius 1 is 0.939 bits per heavy atom. The van der Waals surface area contributed by atoms with E-state index in [1.165, 1.54) is 11.3 Å². The number of nitrogens with one attached hydrogen (secondary N) is 2. The van der Waals surface area contributed by atoms with Gasteiger partial charge in [0, 0.05) is 23.5 Å². The number of carbonyl (C=O) groups excluding carboxylic acids is 3. The number of thiophene rings is 1. The average molecular weight is 464 g/mol. The molecule has 1 aliphatic heterocycles. The molecule has 0 radical (unpaired) electrons. The number of carbonyl (C=O) groups is 3. The summed E-state index contributed by atoms with van der Waals surface area (Å²) in [4.78, 5) is 40.6. The number of anilines is 2. The molecule has 1 fully saturated rings. The predicted octanol–water partition coefficient (Wildman–Crippen LogP) is 4.64. The molecule has 1 aromatic heterocycles. The molecule has 2 heterocycles. The lowest BCUT2D eigenvalue weighted by Crippen LogP contribution is -2.49. The summed E-state index contributed by atoms with van der Waals surface area (Å²) < 4.78 is 5.12. The lowest BCUT2D eigenvalue weighted by Gasteiger charge is -2.34. The average Bonchev–Trinajstić information content (AvgIpc) is 3.39. The first-order chi connectivity index (χ1) is 16.0. The summed E-state index contributed by atoms with van der Waals surface area (Å²) in [6.07, 6.45) is 2.42. The fourth-order valence-electron chi connectivity index (χ4n) is 3.80. The SMILES string of the molecule is COc1ccc(NC(=O)c2ccc(NC(=O)[C@H]3CCCCN3C(=O)c3cccs3)cc2)cc1. The Kier molecular flexibility index (Phi) is 7.04. The van der Waals surface area contributed by atoms with Gasteiger partial charge in [0.2, 0.25) is 5.91 Å². The number of ether oxygens (including phenoxy) is 1. The third kappa shape index (κ3) is 5.40. The molecule has 0 unspecified atom stereocenters. The van der Waals surface area contributed by atoms with Crippen LogP contribution in [-0.4, -0.2) is 42.3 Å². The molecule has 0 saturated carbocycles. The molecular formula is C25H25N3O4S. The highest BCUT2D eigenvalue weighted by atomic mass is 32.1. The van der Waals surface area contributed by atoms with Crippen LogP contribution < -0.4 is 15.4 Å². The van der Waals surface area contributed by atoms with Gasteiger partial charge in [-0.15, -0.1) is 11.3 Å². The number of amides is 3. The second-order valence-corrected chi connectivity index (χ2v) is 8.68. The lowest BCUT2D eigenvalue weighted by molar-refractivity contribution is -0.121. The number of piperidine rings is 1. The lowest BCUT2D eigenvalue weighted by atomic mass is 10.0. The zero-order valence-corrected chi connectivity index (χ0v) is 19.1. The topological polar surface area (TPSA) is 87.7 Å². The molecule has 0 bridgehead atoms. The number of rotatable bonds is 6. The molecule has 1 saturated heterocycles. The standard InChI is InChI=1S/C25H25N3O4S/c1-32-20-13-11-19(12-14-20)26-23(29)17-7-9-18(10-8-17)27-24(30)21-5-2-3-15-28(21)25(31)22-6-4-16-33-22/h4,6-14,16,21H,2-3,5,15H2,1H3,(H,26,29)(H,27,30)/t21-/m1/s1. The van der Waals surface area contributed by atoms with E-state index in [-0.39, 0.29) is 17.7 Å². The maximum absolute atomic E-state index is 13.0. The summed E-state index contributed by atoms with van der Waals surface area (Å²) in [5.74, 6) is 0.144. The molecule has 3 aromatic rings. The maximum atomic E-state index is 13.0. The first-order valence-electron chi connectivity index (χ1n) is 10.8. The molecule has 170 valence electrons. The van der Waals surface area contributed by atoms with Crippen molar-refractivity contribution in [2.45, 2.75) is 25.3 Å². The van der Waals surface area contributed by atoms with Gasteiger partial charge in [-0.2, -0.15) is 0 Å². The molecular weight excluding hydrogens is 438 g/mol. The molecule has 2 N–H and O–H groups in total. The highest BCUT2D eigenvalue weighted by Gasteiger charge is 2.33. The van der Waals surface area contributed by atoms with E-state index in [2.05, 4.69) is 10.6 Å². The van der Waals surface area contributed by atoms with Crippen LogP contribution in [0.1, 0.15) is 39.3 Å². The zero-order valence-electron chi connectivity index (χ0n) is 18.2. The van der Waals surface area contributed by atoms with Crippen molar-refractivity contribution in [2.75, 3.05) is 24.3 Å². The highest BCUT2D eigenvalue weighted by Crippen LogP contribution is 2.23. The highest BCUT2D eigenvalue weighted by molar-refractivity contribution is 7.12. The van der Waals surface area contributed by atoms with Crippen LogP contribution in [0, 0.1) is 0 Å². The van der Waals surface area contributed by atoms with Crippen molar-refractivity contribution in [1.29, 1.82) is 0 Å². The monoisotopic (exact) mass is 463 g/mol. The van der Waals surface area contributed by atoms with Crippen LogP contribution in [0.25, 0.3) is 0 Å². The third-order valence-corrected chi connectivity index (χ3v) is 6.42. The van der Waals surface area contributed by atoms with Crippen molar-refractivity contribution in [2.24, 2.45) is 0 Å². The largest absolute Gasteiger partial charge is 0.497 e. The predicted molar refractivity (Wildman–Crippen MR) is 129 cm³/mol. The number of likely N-dealkylation sites (tertiary alicyclic amines) is 1. The van der Waals surface area contributed by atoms with Crippen LogP contribution in [0.3, 0.4) is 0 Å². The van der Waals surface area contributed by atoms with Gasteiger partial charge >= 0.3 is 0 Å². The van der Waals surface area contributed by atoms with Crippen LogP contribution in [0.2, 0.25) is 0 Å². The summed E-state index contributed by atoms with van der Waals surface area (Å²) >= 11 is 1.38. The van der Waals surface area contributed by atoms with Gasteiger partial charge in [-0.3, -0.25) is 14.4 Å². The minimum atomic E-state index is -0.508. The van der Waals surface area contributed by atoms with Crippen molar-refractivity contribution < 1.29 is 19.1 Å². The van der Waals surface area contributed by atoms with Gasteiger partial charge < -0.3 is 20.3 Å². The van der Waals surface area contributed by atoms with Crippen molar-refractivity contribution >= 4 is 40.4 Å². The van der Waals surface area contributed by atoms with Gasteiger partial charge in [0.05, 0.1) is 12.0 Å². The van der Waals surface area contributed by atoms with E-state index in [1.807, 2.05) is 11.4 Å². The number of nitrogens with zero attached hydrogens (tertiary/aromatic N) is 1. The Bertz CT molecular complexity index is 1110. The Labute approximate surface area is 196 Å². The Hall–Kier alpha value is -3.65. The van der Waals surface area contributed by atoms with Crippen LogP contribution in [-0.2, 0) is 4.79 Å². The molecule has 1 atom stereocenters. The molecule has 1 aliphatic rings. The van der Waals surface area contributed by atoms with Crippen molar-refractivity contribution in [1.82, 2.24) is 4.90 Å². The normalized spacial score (nSPS) is 15.5. The quantitative estimate of drug-likeness (QED) is 0.557. The molecule has 8 heteroatoms. The Morgan fingerprint density at radius 2 is 1.64 bits per heavy atom. The van der Waals surface area contributed by atoms with E-state index in [0.29, 0.717) is 40.5 Å². The smallest absolute Gasteiger partial charge is 0.264 e. The van der Waals surface area contributed by atoms with Crippen molar-refractivity contribution in [3.8, 4) is 5.75 Å². The molecule has 7 nitrogen and oxygen atoms in total. The summed E-state index contributed by atoms with van der Waals surface area (Å²) in [5.41, 5.74) is 1.71. The van der Waals surface area contributed by atoms with Gasteiger partial charge in [-0.25, -0.2) is 0 Å². The number of methoxy groups -OCH3 is 1. The van der Waals surface area contributed by atoms with E-state index >= 15 is 0 Å². The van der Waals surface area contributed by atoms with Crippen molar-refractivity contribution in [3.05, 3.63) is 76.5 Å². The van der Waals surface area contributed by atoms with Gasteiger partial charge in [-0.05, 0) is 79.2 Å². The number of hydrogen-bond acceptors (Lipinski definition) is 5. The maximum Gasteiger partial charge on any atom is 0.264 e. The van der Waals surface area contributed by atoms with Gasteiger partial charge in [-0.1, -0.05) is 6.07 Å². The zero-order chi connectivity index (χ0) is 23.2. The van der Waals surface area contributed by atoms with E-state index in [4.69, 9.17) is 4.74 Å². The van der Waals surface area contributed by atoms with Crippen LogP contribution in [0.15, 0.2) is 66.0 Å². The summed E-state index contributed by atoms with van der Waals surface area (Å²) in [7, 11) is 1.58. The molecule has 0 aliphatic carbocycles. The summed E-state index contributed by atoms with van der Waals surface area (Å²) in [6.45, 7) is 0.569. The molecule has 2 aromatic carbocycles. The van der Waals surface area contributed by atoms with Crippen LogP contribution in [0.4, 0.5) is 11.4 Å². The first-order valence-corrected chi connectivity index (χ1v) is 11.6. The molecule has 33 heavy (non-hydrogen) atoms. The second-order valence-electron chi connectivity index (χ2n) is 7.74. The van der Waals surface area contributed by atoms with Crippen LogP contribution >= 0.6 is 11.3 Å². The molecule has 0 spiro atoms. The van der Waals surface area contributed by atoms with E-state index in [1.54, 1.807) is 66.6 Å². The Balaban J connectivity index is 1.38. The minimum Gasteiger partial charge on any atom is -0.497 e. The van der Waals surface area contributed by atoms with Crippen LogP contribution in [0.5, 0.6) is 5.75 Å². The minimum absolute atomic E-state index is 0.101. The summed E-state index contributed by atoms with van der Waals surface area (Å²) in [5, 5.41) is 7.58. The summed E-state index contributed by atoms with van der Waals surface area (Å²) in [6, 6.07) is 16.9. The first kappa shape index (κ1) is 22.5. The second kappa shape index (κ2) is 10.3. The van der Waals surface area contributed by atoms with E-state index in [9.17, 15) is 14.4 Å². The van der Waals surface area contributed by atoms with E-state index in [0.717, 1.165) is 12.8 Å². The number of hydrogen-bond donors (Lipinski definition) is 2. The number of benzene rings is 2. The fraction of sp³-hybridized carbons (Fsp3) is 0.240. The molecule has 4 rings (SSSR count). The molecule has 3 amide bonds. The third-order valence-electron chi connectivity index (χ3n) is 5.56.